The van der Waals surface area contributed by atoms with Crippen LogP contribution in [0, 0.1) is 11.8 Å². The minimum Gasteiger partial charge on any atom is -0.481 e. The molecule has 1 fully saturated rings. The molecule has 138 valence electrons. The van der Waals surface area contributed by atoms with Crippen molar-refractivity contribution in [2.24, 2.45) is 11.8 Å². The summed E-state index contributed by atoms with van der Waals surface area (Å²) in [7, 11) is 0. The lowest BCUT2D eigenvalue weighted by atomic mass is 9.81. The number of carboxylic acids is 1. The van der Waals surface area contributed by atoms with E-state index in [9.17, 15) is 14.4 Å². The Hall–Kier alpha value is -2.43. The monoisotopic (exact) mass is 355 g/mol. The number of carboxylic acid groups (broad SMARTS) is 1. The maximum Gasteiger partial charge on any atom is 0.304 e. The lowest BCUT2D eigenvalue weighted by Crippen LogP contribution is -2.25. The molecule has 0 spiro atoms. The van der Waals surface area contributed by atoms with E-state index in [2.05, 4.69) is 5.32 Å². The van der Waals surface area contributed by atoms with Gasteiger partial charge in [-0.05, 0) is 61.4 Å². The van der Waals surface area contributed by atoms with Crippen molar-refractivity contribution in [3.05, 3.63) is 41.5 Å². The van der Waals surface area contributed by atoms with Gasteiger partial charge in [-0.1, -0.05) is 25.3 Å². The molecule has 0 saturated heterocycles. The van der Waals surface area contributed by atoms with Crippen molar-refractivity contribution in [1.82, 2.24) is 0 Å². The largest absolute Gasteiger partial charge is 0.481 e. The predicted octanol–water partition coefficient (Wildman–Crippen LogP) is 3.98. The number of ketones is 1. The summed E-state index contributed by atoms with van der Waals surface area (Å²) >= 11 is 0. The van der Waals surface area contributed by atoms with E-state index in [0.29, 0.717) is 30.0 Å². The first-order valence-electron chi connectivity index (χ1n) is 9.41. The van der Waals surface area contributed by atoms with E-state index in [1.807, 2.05) is 12.1 Å². The molecule has 5 heteroatoms. The van der Waals surface area contributed by atoms with Crippen molar-refractivity contribution in [2.45, 2.75) is 51.4 Å². The lowest BCUT2D eigenvalue weighted by molar-refractivity contribution is -0.137. The molecule has 0 heterocycles. The first-order chi connectivity index (χ1) is 12.5. The number of nitrogens with one attached hydrogen (secondary N) is 1. The molecular formula is C21H25NO4. The number of fused-ring (bicyclic) bond motifs is 1. The minimum atomic E-state index is -0.944. The van der Waals surface area contributed by atoms with Crippen LogP contribution >= 0.6 is 0 Å². The molecule has 26 heavy (non-hydrogen) atoms. The Balaban J connectivity index is 1.62. The van der Waals surface area contributed by atoms with Crippen LogP contribution in [0.15, 0.2) is 30.4 Å². The Morgan fingerprint density at radius 3 is 2.65 bits per heavy atom. The average Bonchev–Trinajstić information content (AvgIpc) is 2.63. The van der Waals surface area contributed by atoms with E-state index >= 15 is 0 Å². The normalized spacial score (nSPS) is 20.8. The number of allylic oxidation sites excluding steroid dienone is 1. The predicted molar refractivity (Wildman–Crippen MR) is 99.2 cm³/mol. The first-order valence-corrected chi connectivity index (χ1v) is 9.41. The zero-order valence-electron chi connectivity index (χ0n) is 14.9. The van der Waals surface area contributed by atoms with Crippen LogP contribution < -0.4 is 5.32 Å². The van der Waals surface area contributed by atoms with Gasteiger partial charge in [0.2, 0.25) is 5.91 Å². The number of aryl methyl sites for hydroxylation is 1. The fourth-order valence-corrected chi connectivity index (χ4v) is 3.94. The fourth-order valence-electron chi connectivity index (χ4n) is 3.94. The van der Waals surface area contributed by atoms with Crippen molar-refractivity contribution < 1.29 is 19.5 Å². The molecule has 2 aliphatic rings. The molecule has 1 amide bonds. The van der Waals surface area contributed by atoms with Crippen molar-refractivity contribution in [3.8, 4) is 0 Å². The highest BCUT2D eigenvalue weighted by Gasteiger charge is 2.29. The molecule has 5 nitrogen and oxygen atoms in total. The number of carbonyl (C=O) groups excluding carboxylic acids is 2. The molecule has 1 saturated carbocycles. The third kappa shape index (κ3) is 4.59. The van der Waals surface area contributed by atoms with Crippen LogP contribution in [0.4, 0.5) is 5.69 Å². The Bertz CT molecular complexity index is 732. The van der Waals surface area contributed by atoms with E-state index < -0.39 is 11.9 Å². The number of hydrogen-bond donors (Lipinski definition) is 2. The van der Waals surface area contributed by atoms with Crippen molar-refractivity contribution in [3.63, 3.8) is 0 Å². The van der Waals surface area contributed by atoms with E-state index in [1.54, 1.807) is 18.2 Å². The second-order valence-corrected chi connectivity index (χ2v) is 7.32. The van der Waals surface area contributed by atoms with E-state index in [1.165, 1.54) is 19.3 Å². The van der Waals surface area contributed by atoms with Crippen LogP contribution in [-0.4, -0.2) is 22.8 Å². The molecule has 0 bridgehead atoms. The fraction of sp³-hybridized carbons (Fsp3) is 0.476. The summed E-state index contributed by atoms with van der Waals surface area (Å²) in [5.74, 6) is -1.15. The summed E-state index contributed by atoms with van der Waals surface area (Å²) in [5.41, 5.74) is 2.13. The zero-order chi connectivity index (χ0) is 18.5. The van der Waals surface area contributed by atoms with Gasteiger partial charge in [0.1, 0.15) is 0 Å². The first kappa shape index (κ1) is 18.4. The van der Waals surface area contributed by atoms with Gasteiger partial charge >= 0.3 is 5.97 Å². The topological polar surface area (TPSA) is 83.5 Å². The number of benzene rings is 1. The summed E-state index contributed by atoms with van der Waals surface area (Å²) in [6, 6.07) is 5.24. The maximum atomic E-state index is 12.4. The van der Waals surface area contributed by atoms with Gasteiger partial charge in [-0.3, -0.25) is 14.4 Å². The molecule has 1 aromatic rings. The molecule has 2 aliphatic carbocycles. The Morgan fingerprint density at radius 2 is 1.92 bits per heavy atom. The average molecular weight is 355 g/mol. The van der Waals surface area contributed by atoms with Crippen LogP contribution in [0.3, 0.4) is 0 Å². The second kappa shape index (κ2) is 8.30. The molecule has 1 atom stereocenters. The summed E-state index contributed by atoms with van der Waals surface area (Å²) in [5, 5.41) is 11.8. The lowest BCUT2D eigenvalue weighted by Gasteiger charge is -2.22. The highest BCUT2D eigenvalue weighted by molar-refractivity contribution is 6.03. The quantitative estimate of drug-likeness (QED) is 0.783. The van der Waals surface area contributed by atoms with E-state index in [0.717, 1.165) is 18.4 Å². The van der Waals surface area contributed by atoms with Crippen LogP contribution in [0.1, 0.15) is 60.9 Å². The van der Waals surface area contributed by atoms with Crippen LogP contribution in [0.5, 0.6) is 0 Å². The number of anilines is 1. The van der Waals surface area contributed by atoms with Gasteiger partial charge < -0.3 is 10.4 Å². The zero-order valence-corrected chi connectivity index (χ0v) is 14.9. The maximum absolute atomic E-state index is 12.4. The smallest absolute Gasteiger partial charge is 0.304 e. The van der Waals surface area contributed by atoms with Gasteiger partial charge in [0, 0.05) is 17.2 Å². The Labute approximate surface area is 153 Å². The Kier molecular flexibility index (Phi) is 5.86. The third-order valence-electron chi connectivity index (χ3n) is 5.36. The van der Waals surface area contributed by atoms with Gasteiger partial charge in [0.05, 0.1) is 6.42 Å². The van der Waals surface area contributed by atoms with E-state index in [-0.39, 0.29) is 18.1 Å². The number of carbonyl (C=O) groups is 3. The van der Waals surface area contributed by atoms with Gasteiger partial charge in [-0.15, -0.1) is 0 Å². The molecule has 0 aliphatic heterocycles. The number of aliphatic carboxylic acids is 1. The van der Waals surface area contributed by atoms with Crippen LogP contribution in [-0.2, 0) is 16.0 Å². The molecule has 3 rings (SSSR count). The summed E-state index contributed by atoms with van der Waals surface area (Å²) in [6.45, 7) is 0. The van der Waals surface area contributed by atoms with Gasteiger partial charge in [-0.25, -0.2) is 0 Å². The SMILES string of the molecule is O=C(O)CC1CCc2cc(NC(=O)/C=C/C3CCCCC3)ccc2C1=O. The van der Waals surface area contributed by atoms with Gasteiger partial charge in [0.25, 0.3) is 0 Å². The molecule has 1 aromatic carbocycles. The van der Waals surface area contributed by atoms with Gasteiger partial charge in [-0.2, -0.15) is 0 Å². The summed E-state index contributed by atoms with van der Waals surface area (Å²) in [6.07, 6.45) is 10.8. The number of hydrogen-bond acceptors (Lipinski definition) is 3. The van der Waals surface area contributed by atoms with Gasteiger partial charge in [0.15, 0.2) is 5.78 Å². The molecule has 1 unspecified atom stereocenters. The standard InChI is InChI=1S/C21H25NO4/c23-19(11-6-14-4-2-1-3-5-14)22-17-9-10-18-15(12-17)7-8-16(21(18)26)13-20(24)25/h6,9-12,14,16H,1-5,7-8,13H2,(H,22,23)(H,24,25)/b11-6+. The third-order valence-corrected chi connectivity index (χ3v) is 5.36. The second-order valence-electron chi connectivity index (χ2n) is 7.32. The van der Waals surface area contributed by atoms with Crippen molar-refractivity contribution in [1.29, 1.82) is 0 Å². The Morgan fingerprint density at radius 1 is 1.15 bits per heavy atom. The highest BCUT2D eigenvalue weighted by Crippen LogP contribution is 2.30. The molecular weight excluding hydrogens is 330 g/mol. The van der Waals surface area contributed by atoms with Crippen LogP contribution in [0.25, 0.3) is 0 Å². The molecule has 2 N–H and O–H groups in total. The van der Waals surface area contributed by atoms with Crippen molar-refractivity contribution >= 4 is 23.3 Å². The minimum absolute atomic E-state index is 0.108. The molecule has 0 radical (unpaired) electrons. The number of Topliss-reactive ketones (excluding diaryl/α,β-unsaturated/α-hetero) is 1. The number of rotatable bonds is 5. The van der Waals surface area contributed by atoms with Crippen molar-refractivity contribution in [2.75, 3.05) is 5.32 Å². The summed E-state index contributed by atoms with van der Waals surface area (Å²) < 4.78 is 0. The molecule has 0 aromatic heterocycles. The summed E-state index contributed by atoms with van der Waals surface area (Å²) in [4.78, 5) is 35.4. The van der Waals surface area contributed by atoms with Crippen LogP contribution in [0.2, 0.25) is 0 Å². The highest BCUT2D eigenvalue weighted by atomic mass is 16.4. The van der Waals surface area contributed by atoms with E-state index in [4.69, 9.17) is 5.11 Å². The number of amides is 1.